The largest absolute Gasteiger partial charge is 0.490 e. The summed E-state index contributed by atoms with van der Waals surface area (Å²) in [5, 5.41) is 13.8. The monoisotopic (exact) mass is 648 g/mol. The number of amides is 1. The second kappa shape index (κ2) is 12.3. The number of nitrogen functional groups attached to an aromatic ring is 1. The number of anilines is 1. The number of piperidine rings is 1. The highest BCUT2D eigenvalue weighted by Crippen LogP contribution is 2.47. The Labute approximate surface area is 263 Å². The lowest BCUT2D eigenvalue weighted by molar-refractivity contribution is -0.192. The number of carboxylic acid groups (broad SMARTS) is 1. The number of carbonyl (C=O) groups is 2. The second-order valence-electron chi connectivity index (χ2n) is 10.7. The van der Waals surface area contributed by atoms with Crippen LogP contribution < -0.4 is 5.73 Å². The smallest absolute Gasteiger partial charge is 0.475 e. The van der Waals surface area contributed by atoms with Gasteiger partial charge in [0.15, 0.2) is 11.4 Å². The van der Waals surface area contributed by atoms with Gasteiger partial charge in [-0.3, -0.25) is 14.5 Å². The normalized spacial score (nSPS) is 14.0. The zero-order valence-corrected chi connectivity index (χ0v) is 25.2. The minimum absolute atomic E-state index is 0.130. The Morgan fingerprint density at radius 3 is 2.43 bits per heavy atom. The Kier molecular flexibility index (Phi) is 8.21. The topological polar surface area (TPSA) is 140 Å². The number of thiophene rings is 1. The van der Waals surface area contributed by atoms with Gasteiger partial charge in [0.25, 0.3) is 0 Å². The first-order valence-corrected chi connectivity index (χ1v) is 15.0. The highest BCUT2D eigenvalue weighted by molar-refractivity contribution is 7.23. The molecule has 0 unspecified atom stereocenters. The predicted octanol–water partition coefficient (Wildman–Crippen LogP) is 7.03. The number of carboxylic acids is 1. The van der Waals surface area contributed by atoms with Crippen LogP contribution in [0.15, 0.2) is 77.9 Å². The quantitative estimate of drug-likeness (QED) is 0.208. The van der Waals surface area contributed by atoms with Crippen molar-refractivity contribution in [1.82, 2.24) is 24.6 Å². The molecule has 5 aromatic heterocycles. The first kappa shape index (κ1) is 30.8. The third-order valence-electron chi connectivity index (χ3n) is 7.80. The number of nitrogens with two attached hydrogens (primary N) is 1. The standard InChI is InChI=1S/C30H26N6O2S.C2HF3O2/c1-18(37)35-11-8-21(9-12-35)36-17-20(14-34-36)24-15-33-30(31)28-23(24)13-25(38-28)27-22-7-10-32-16-26(22)39-29(27)19-5-3-2-4-6-19;3-2(4,5)1(6)7/h2-7,10,13-17,21H,8-9,11-12H2,1H3,(H2,31,33);(H,6,7). The van der Waals surface area contributed by atoms with Gasteiger partial charge in [0, 0.05) is 77.1 Å². The molecule has 46 heavy (non-hydrogen) atoms. The summed E-state index contributed by atoms with van der Waals surface area (Å²) in [6, 6.07) is 14.7. The molecule has 236 valence electrons. The average Bonchev–Trinajstić information content (AvgIpc) is 3.79. The van der Waals surface area contributed by atoms with E-state index >= 15 is 0 Å². The van der Waals surface area contributed by atoms with Crippen LogP contribution in [0.1, 0.15) is 25.8 Å². The number of carbonyl (C=O) groups excluding carboxylic acids is 1. The van der Waals surface area contributed by atoms with Gasteiger partial charge < -0.3 is 20.2 Å². The van der Waals surface area contributed by atoms with Crippen LogP contribution in [0.4, 0.5) is 19.0 Å². The third kappa shape index (κ3) is 6.03. The van der Waals surface area contributed by atoms with E-state index in [0.29, 0.717) is 11.4 Å². The van der Waals surface area contributed by atoms with Gasteiger partial charge >= 0.3 is 12.1 Å². The van der Waals surface area contributed by atoms with Gasteiger partial charge in [-0.05, 0) is 30.5 Å². The van der Waals surface area contributed by atoms with Crippen LogP contribution in [0.2, 0.25) is 0 Å². The molecule has 1 amide bonds. The van der Waals surface area contributed by atoms with E-state index < -0.39 is 12.1 Å². The van der Waals surface area contributed by atoms with Crippen LogP contribution in [0.5, 0.6) is 0 Å². The lowest BCUT2D eigenvalue weighted by Crippen LogP contribution is -2.37. The fourth-order valence-corrected chi connectivity index (χ4v) is 6.69. The first-order valence-electron chi connectivity index (χ1n) is 14.2. The van der Waals surface area contributed by atoms with E-state index in [-0.39, 0.29) is 11.9 Å². The van der Waals surface area contributed by atoms with Crippen LogP contribution in [0.3, 0.4) is 0 Å². The molecule has 1 saturated heterocycles. The molecule has 0 radical (unpaired) electrons. The minimum atomic E-state index is -5.08. The molecular formula is C32H27F3N6O4S. The van der Waals surface area contributed by atoms with Gasteiger partial charge in [-0.2, -0.15) is 18.3 Å². The number of aromatic nitrogens is 4. The molecule has 1 aromatic carbocycles. The number of benzene rings is 1. The summed E-state index contributed by atoms with van der Waals surface area (Å²) in [4.78, 5) is 32.4. The van der Waals surface area contributed by atoms with E-state index in [9.17, 15) is 18.0 Å². The zero-order valence-electron chi connectivity index (χ0n) is 24.4. The molecule has 10 nitrogen and oxygen atoms in total. The van der Waals surface area contributed by atoms with E-state index in [2.05, 4.69) is 39.5 Å². The summed E-state index contributed by atoms with van der Waals surface area (Å²) in [5.41, 5.74) is 10.9. The lowest BCUT2D eigenvalue weighted by atomic mass is 10.0. The number of aliphatic carboxylic acids is 1. The van der Waals surface area contributed by atoms with Crippen molar-refractivity contribution in [3.8, 4) is 32.9 Å². The van der Waals surface area contributed by atoms with E-state index in [4.69, 9.17) is 20.1 Å². The molecule has 1 aliphatic rings. The number of furan rings is 1. The van der Waals surface area contributed by atoms with E-state index in [0.717, 1.165) is 74.3 Å². The third-order valence-corrected chi connectivity index (χ3v) is 8.99. The summed E-state index contributed by atoms with van der Waals surface area (Å²) in [6.45, 7) is 3.13. The van der Waals surface area contributed by atoms with Crippen molar-refractivity contribution in [2.45, 2.75) is 32.0 Å². The fraction of sp³-hybridized carbons (Fsp3) is 0.219. The molecule has 0 atom stereocenters. The predicted molar refractivity (Wildman–Crippen MR) is 168 cm³/mol. The maximum atomic E-state index is 11.7. The molecule has 6 heterocycles. The van der Waals surface area contributed by atoms with Crippen molar-refractivity contribution in [2.75, 3.05) is 18.8 Å². The number of halogens is 3. The maximum Gasteiger partial charge on any atom is 0.490 e. The summed E-state index contributed by atoms with van der Waals surface area (Å²) in [5.74, 6) is -1.53. The molecule has 14 heteroatoms. The van der Waals surface area contributed by atoms with Crippen molar-refractivity contribution in [3.05, 3.63) is 73.4 Å². The lowest BCUT2D eigenvalue weighted by Gasteiger charge is -2.31. The summed E-state index contributed by atoms with van der Waals surface area (Å²) in [7, 11) is 0. The molecule has 0 spiro atoms. The van der Waals surface area contributed by atoms with Gasteiger partial charge in [0.05, 0.1) is 16.9 Å². The molecule has 0 bridgehead atoms. The van der Waals surface area contributed by atoms with E-state index in [1.54, 1.807) is 24.5 Å². The van der Waals surface area contributed by atoms with E-state index in [1.807, 2.05) is 52.4 Å². The van der Waals surface area contributed by atoms with Gasteiger partial charge in [0.1, 0.15) is 5.76 Å². The van der Waals surface area contributed by atoms with Gasteiger partial charge in [0.2, 0.25) is 5.91 Å². The zero-order chi connectivity index (χ0) is 32.6. The van der Waals surface area contributed by atoms with Crippen molar-refractivity contribution >= 4 is 50.1 Å². The molecule has 6 aromatic rings. The SMILES string of the molecule is CC(=O)N1CCC(n2cc(-c3cnc(N)c4oc(-c5c(-c6ccccc6)sc6cnccc56)cc34)cn2)CC1.O=C(O)C(F)(F)F. The van der Waals surface area contributed by atoms with E-state index in [1.165, 1.54) is 0 Å². The summed E-state index contributed by atoms with van der Waals surface area (Å²) < 4.78 is 41.3. The van der Waals surface area contributed by atoms with Crippen molar-refractivity contribution < 1.29 is 32.3 Å². The van der Waals surface area contributed by atoms with Crippen LogP contribution in [0, 0.1) is 0 Å². The summed E-state index contributed by atoms with van der Waals surface area (Å²) >= 11 is 1.70. The maximum absolute atomic E-state index is 11.7. The van der Waals surface area contributed by atoms with Crippen molar-refractivity contribution in [1.29, 1.82) is 0 Å². The molecule has 0 aliphatic carbocycles. The Hall–Kier alpha value is -5.24. The van der Waals surface area contributed by atoms with Crippen LogP contribution in [0.25, 0.3) is 53.9 Å². The molecular weight excluding hydrogens is 621 g/mol. The van der Waals surface area contributed by atoms with Crippen molar-refractivity contribution in [2.24, 2.45) is 0 Å². The van der Waals surface area contributed by atoms with Crippen LogP contribution in [-0.2, 0) is 9.59 Å². The molecule has 1 fully saturated rings. The Bertz CT molecular complexity index is 2050. The number of nitrogens with zero attached hydrogens (tertiary/aromatic N) is 5. The number of alkyl halides is 3. The van der Waals surface area contributed by atoms with Crippen LogP contribution >= 0.6 is 11.3 Å². The molecule has 7 rings (SSSR count). The van der Waals surface area contributed by atoms with Crippen molar-refractivity contribution in [3.63, 3.8) is 0 Å². The number of likely N-dealkylation sites (tertiary alicyclic amines) is 1. The molecule has 0 saturated carbocycles. The van der Waals surface area contributed by atoms with Crippen LogP contribution in [-0.4, -0.2) is 60.9 Å². The second-order valence-corrected chi connectivity index (χ2v) is 11.8. The average molecular weight is 649 g/mol. The number of pyridine rings is 2. The number of hydrogen-bond acceptors (Lipinski definition) is 8. The summed E-state index contributed by atoms with van der Waals surface area (Å²) in [6.07, 6.45) is 6.13. The fourth-order valence-electron chi connectivity index (χ4n) is 5.51. The minimum Gasteiger partial charge on any atom is -0.475 e. The number of rotatable bonds is 4. The Morgan fingerprint density at radius 2 is 1.76 bits per heavy atom. The highest BCUT2D eigenvalue weighted by atomic mass is 32.1. The van der Waals surface area contributed by atoms with Gasteiger partial charge in [-0.15, -0.1) is 11.3 Å². The first-order chi connectivity index (χ1) is 22.0. The Morgan fingerprint density at radius 1 is 1.04 bits per heavy atom. The number of fused-ring (bicyclic) bond motifs is 2. The van der Waals surface area contributed by atoms with Gasteiger partial charge in [-0.1, -0.05) is 30.3 Å². The highest BCUT2D eigenvalue weighted by Gasteiger charge is 2.38. The van der Waals surface area contributed by atoms with Gasteiger partial charge in [-0.25, -0.2) is 9.78 Å². The molecule has 3 N–H and O–H groups in total. The molecule has 1 aliphatic heterocycles. The Balaban J connectivity index is 0.000000480. The number of hydrogen-bond donors (Lipinski definition) is 2.